The summed E-state index contributed by atoms with van der Waals surface area (Å²) in [5.41, 5.74) is -0.550. The lowest BCUT2D eigenvalue weighted by Gasteiger charge is -2.36. The molecule has 1 fully saturated rings. The molecule has 1 saturated heterocycles. The molecule has 3 rings (SSSR count). The van der Waals surface area contributed by atoms with Gasteiger partial charge in [0.15, 0.2) is 5.82 Å². The second-order valence-electron chi connectivity index (χ2n) is 8.22. The highest BCUT2D eigenvalue weighted by Gasteiger charge is 2.36. The van der Waals surface area contributed by atoms with Gasteiger partial charge in [-0.3, -0.25) is 0 Å². The maximum Gasteiger partial charge on any atom is 0.419 e. The highest BCUT2D eigenvalue weighted by atomic mass is 19.4. The minimum atomic E-state index is -4.51. The zero-order chi connectivity index (χ0) is 26.3. The normalized spacial score (nSPS) is 15.5. The molecular formula is C24H28F5N7. The van der Waals surface area contributed by atoms with Crippen molar-refractivity contribution in [3.05, 3.63) is 60.6 Å². The summed E-state index contributed by atoms with van der Waals surface area (Å²) in [6, 6.07) is 2.33. The fourth-order valence-electron chi connectivity index (χ4n) is 3.89. The fraction of sp³-hybridized carbons (Fsp3) is 0.417. The Balaban J connectivity index is 1.95. The van der Waals surface area contributed by atoms with Crippen LogP contribution in [0.15, 0.2) is 49.2 Å². The van der Waals surface area contributed by atoms with E-state index in [9.17, 15) is 22.0 Å². The van der Waals surface area contributed by atoms with Gasteiger partial charge >= 0.3 is 6.18 Å². The molecule has 0 N–H and O–H groups in total. The van der Waals surface area contributed by atoms with Crippen LogP contribution in [0, 0.1) is 0 Å². The van der Waals surface area contributed by atoms with Crippen LogP contribution in [-0.4, -0.2) is 58.7 Å². The number of aromatic nitrogens is 4. The molecule has 0 aromatic carbocycles. The van der Waals surface area contributed by atoms with Gasteiger partial charge in [0.25, 0.3) is 0 Å². The maximum atomic E-state index is 13.5. The van der Waals surface area contributed by atoms with Crippen LogP contribution < -0.4 is 14.7 Å². The summed E-state index contributed by atoms with van der Waals surface area (Å²) in [6.07, 6.45) is 1.00. The predicted octanol–water partition coefficient (Wildman–Crippen LogP) is 5.20. The van der Waals surface area contributed by atoms with Crippen LogP contribution >= 0.6 is 0 Å². The van der Waals surface area contributed by atoms with E-state index >= 15 is 0 Å². The second-order valence-corrected chi connectivity index (χ2v) is 8.22. The molecule has 7 nitrogen and oxygen atoms in total. The number of hydrogen-bond donors (Lipinski definition) is 0. The molecule has 2 aromatic rings. The smallest absolute Gasteiger partial charge is 0.353 e. The quantitative estimate of drug-likeness (QED) is 0.358. The molecule has 0 radical (unpaired) electrons. The molecule has 0 atom stereocenters. The van der Waals surface area contributed by atoms with Gasteiger partial charge in [-0.05, 0) is 51.1 Å². The number of halogens is 5. The molecule has 0 aliphatic carbocycles. The van der Waals surface area contributed by atoms with E-state index in [1.807, 2.05) is 30.6 Å². The Bertz CT molecular complexity index is 1110. The average molecular weight is 510 g/mol. The van der Waals surface area contributed by atoms with Crippen LogP contribution in [0.3, 0.4) is 0 Å². The minimum Gasteiger partial charge on any atom is -0.353 e. The number of alkyl halides is 3. The van der Waals surface area contributed by atoms with E-state index < -0.39 is 11.7 Å². The van der Waals surface area contributed by atoms with E-state index in [0.717, 1.165) is 18.2 Å². The van der Waals surface area contributed by atoms with Gasteiger partial charge in [-0.25, -0.2) is 13.8 Å². The van der Waals surface area contributed by atoms with Crippen LogP contribution in [-0.2, 0) is 6.18 Å². The Morgan fingerprint density at radius 3 is 2.33 bits per heavy atom. The Labute approximate surface area is 206 Å². The Morgan fingerprint density at radius 2 is 1.75 bits per heavy atom. The molecule has 0 amide bonds. The summed E-state index contributed by atoms with van der Waals surface area (Å²) in [6.45, 7) is 7.65. The summed E-state index contributed by atoms with van der Waals surface area (Å²) in [7, 11) is 0. The van der Waals surface area contributed by atoms with Crippen molar-refractivity contribution in [2.24, 2.45) is 0 Å². The standard InChI is InChI=1S/C24H28F5N7/c1-4-36(17(2)3)23-32-20(18(9-11-26)7-5-10-25)31-22(33-23)35-15-13-34(14-16-35)21-19(24(27,28)29)8-6-12-30-21/h5-12,17H,4,13-16H2,1-3H3/b10-5+,11-9+,18-7+. The van der Waals surface area contributed by atoms with E-state index in [2.05, 4.69) is 19.9 Å². The van der Waals surface area contributed by atoms with Crippen molar-refractivity contribution < 1.29 is 22.0 Å². The highest BCUT2D eigenvalue weighted by Crippen LogP contribution is 2.35. The van der Waals surface area contributed by atoms with Crippen LogP contribution in [0.5, 0.6) is 0 Å². The Kier molecular flexibility index (Phi) is 8.94. The molecule has 0 spiro atoms. The van der Waals surface area contributed by atoms with Gasteiger partial charge in [-0.15, -0.1) is 0 Å². The van der Waals surface area contributed by atoms with Gasteiger partial charge in [-0.2, -0.15) is 28.1 Å². The third kappa shape index (κ3) is 6.35. The molecular weight excluding hydrogens is 481 g/mol. The van der Waals surface area contributed by atoms with Crippen LogP contribution in [0.25, 0.3) is 5.57 Å². The Hall–Kier alpha value is -3.57. The van der Waals surface area contributed by atoms with Crippen molar-refractivity contribution in [3.63, 3.8) is 0 Å². The first-order valence-corrected chi connectivity index (χ1v) is 11.5. The number of pyridine rings is 1. The average Bonchev–Trinajstić information content (AvgIpc) is 2.86. The number of hydrogen-bond acceptors (Lipinski definition) is 7. The van der Waals surface area contributed by atoms with Crippen molar-refractivity contribution >= 4 is 23.3 Å². The van der Waals surface area contributed by atoms with E-state index in [1.165, 1.54) is 18.3 Å². The number of anilines is 3. The van der Waals surface area contributed by atoms with E-state index in [0.29, 0.717) is 44.2 Å². The van der Waals surface area contributed by atoms with E-state index in [4.69, 9.17) is 0 Å². The maximum absolute atomic E-state index is 13.5. The number of nitrogens with zero attached hydrogens (tertiary/aromatic N) is 7. The zero-order valence-electron chi connectivity index (χ0n) is 20.3. The molecule has 12 heteroatoms. The number of allylic oxidation sites excluding steroid dienone is 4. The van der Waals surface area contributed by atoms with Crippen LogP contribution in [0.4, 0.5) is 39.7 Å². The van der Waals surface area contributed by atoms with Crippen molar-refractivity contribution in [1.82, 2.24) is 19.9 Å². The van der Waals surface area contributed by atoms with Crippen LogP contribution in [0.2, 0.25) is 0 Å². The monoisotopic (exact) mass is 509 g/mol. The first-order valence-electron chi connectivity index (χ1n) is 11.5. The first-order chi connectivity index (χ1) is 17.2. The number of rotatable bonds is 8. The fourth-order valence-corrected chi connectivity index (χ4v) is 3.89. The van der Waals surface area contributed by atoms with Gasteiger partial charge in [-0.1, -0.05) is 0 Å². The summed E-state index contributed by atoms with van der Waals surface area (Å²) < 4.78 is 66.1. The van der Waals surface area contributed by atoms with E-state index in [-0.39, 0.29) is 36.3 Å². The van der Waals surface area contributed by atoms with Gasteiger partial charge in [0.2, 0.25) is 11.9 Å². The Morgan fingerprint density at radius 1 is 1.06 bits per heavy atom. The molecule has 3 heterocycles. The SMILES string of the molecule is CCN(c1nc(C(/C=C/F)=C/C=C/F)nc(N2CCN(c3ncccc3C(F)(F)F)CC2)n1)C(C)C. The lowest BCUT2D eigenvalue weighted by atomic mass is 10.2. The van der Waals surface area contributed by atoms with Crippen molar-refractivity contribution in [1.29, 1.82) is 0 Å². The van der Waals surface area contributed by atoms with Crippen molar-refractivity contribution in [3.8, 4) is 0 Å². The molecule has 1 aliphatic heterocycles. The lowest BCUT2D eigenvalue weighted by molar-refractivity contribution is -0.137. The van der Waals surface area contributed by atoms with Crippen molar-refractivity contribution in [2.75, 3.05) is 47.4 Å². The largest absolute Gasteiger partial charge is 0.419 e. The van der Waals surface area contributed by atoms with Crippen molar-refractivity contribution in [2.45, 2.75) is 33.0 Å². The molecule has 2 aromatic heterocycles. The molecule has 1 aliphatic rings. The summed E-state index contributed by atoms with van der Waals surface area (Å²) >= 11 is 0. The highest BCUT2D eigenvalue weighted by molar-refractivity contribution is 5.71. The topological polar surface area (TPSA) is 61.3 Å². The molecule has 0 saturated carbocycles. The summed E-state index contributed by atoms with van der Waals surface area (Å²) in [5.74, 6) is 0.692. The molecule has 0 unspecified atom stereocenters. The third-order valence-electron chi connectivity index (χ3n) is 5.64. The van der Waals surface area contributed by atoms with Gasteiger partial charge < -0.3 is 14.7 Å². The van der Waals surface area contributed by atoms with Gasteiger partial charge in [0.1, 0.15) is 5.82 Å². The third-order valence-corrected chi connectivity index (χ3v) is 5.64. The molecule has 36 heavy (non-hydrogen) atoms. The van der Waals surface area contributed by atoms with Gasteiger partial charge in [0.05, 0.1) is 18.2 Å². The lowest BCUT2D eigenvalue weighted by Crippen LogP contribution is -2.48. The summed E-state index contributed by atoms with van der Waals surface area (Å²) in [5, 5.41) is 0. The van der Waals surface area contributed by atoms with E-state index in [1.54, 1.807) is 4.90 Å². The zero-order valence-corrected chi connectivity index (χ0v) is 20.3. The minimum absolute atomic E-state index is 0.0507. The number of piperazine rings is 1. The molecule has 0 bridgehead atoms. The molecule has 194 valence electrons. The predicted molar refractivity (Wildman–Crippen MR) is 130 cm³/mol. The second kappa shape index (κ2) is 11.9. The summed E-state index contributed by atoms with van der Waals surface area (Å²) in [4.78, 5) is 22.9. The van der Waals surface area contributed by atoms with Crippen LogP contribution in [0.1, 0.15) is 32.2 Å². The van der Waals surface area contributed by atoms with Gasteiger partial charge in [0, 0.05) is 50.5 Å². The first kappa shape index (κ1) is 27.0.